The van der Waals surface area contributed by atoms with E-state index in [1.165, 1.54) is 0 Å². The van der Waals surface area contributed by atoms with Gasteiger partial charge >= 0.3 is 5.97 Å². The van der Waals surface area contributed by atoms with Crippen LogP contribution in [-0.2, 0) is 14.4 Å². The highest BCUT2D eigenvalue weighted by Gasteiger charge is 2.21. The fourth-order valence-corrected chi connectivity index (χ4v) is 1.12. The van der Waals surface area contributed by atoms with E-state index in [1.807, 2.05) is 6.07 Å². The molecule has 4 heteroatoms. The van der Waals surface area contributed by atoms with Crippen molar-refractivity contribution in [1.29, 1.82) is 0 Å². The minimum atomic E-state index is -0.837. The van der Waals surface area contributed by atoms with Crippen LogP contribution in [0, 0.1) is 0 Å². The van der Waals surface area contributed by atoms with Gasteiger partial charge in [-0.2, -0.15) is 0 Å². The van der Waals surface area contributed by atoms with Gasteiger partial charge in [0, 0.05) is 0 Å². The van der Waals surface area contributed by atoms with Gasteiger partial charge in [-0.1, -0.05) is 30.3 Å². The summed E-state index contributed by atoms with van der Waals surface area (Å²) in [5.41, 5.74) is 0.688. The Labute approximate surface area is 82.6 Å². The van der Waals surface area contributed by atoms with Crippen molar-refractivity contribution < 1.29 is 14.4 Å². The fourth-order valence-electron chi connectivity index (χ4n) is 1.12. The molecule has 1 aromatic carbocycles. The predicted molar refractivity (Wildman–Crippen MR) is 51.1 cm³/mol. The molecule has 0 radical (unpaired) electrons. The molecular formula is C10H13NO3. The van der Waals surface area contributed by atoms with Gasteiger partial charge in [-0.05, 0) is 12.5 Å². The highest BCUT2D eigenvalue weighted by molar-refractivity contribution is 5.76. The second-order valence-electron chi connectivity index (χ2n) is 2.68. The smallest absolute Gasteiger partial charge is 0.342 e. The molecule has 0 bridgehead atoms. The molecule has 2 N–H and O–H groups in total. The highest BCUT2D eigenvalue weighted by atomic mass is 16.6. The van der Waals surface area contributed by atoms with Crippen molar-refractivity contribution in [3.63, 3.8) is 0 Å². The number of benzene rings is 1. The lowest BCUT2D eigenvalue weighted by Gasteiger charge is -2.12. The van der Waals surface area contributed by atoms with Crippen LogP contribution < -0.4 is 5.90 Å². The van der Waals surface area contributed by atoms with Crippen LogP contribution in [0.25, 0.3) is 0 Å². The Hall–Kier alpha value is -1.39. The van der Waals surface area contributed by atoms with Crippen molar-refractivity contribution in [1.82, 2.24) is 0 Å². The van der Waals surface area contributed by atoms with Crippen LogP contribution >= 0.6 is 0 Å². The van der Waals surface area contributed by atoms with Gasteiger partial charge in [-0.25, -0.2) is 10.7 Å². The van der Waals surface area contributed by atoms with Crippen LogP contribution in [0.3, 0.4) is 0 Å². The third-order valence-electron chi connectivity index (χ3n) is 1.74. The first-order chi connectivity index (χ1) is 6.79. The van der Waals surface area contributed by atoms with Crippen LogP contribution in [0.15, 0.2) is 30.3 Å². The minimum absolute atomic E-state index is 0.311. The molecule has 4 nitrogen and oxygen atoms in total. The monoisotopic (exact) mass is 195 g/mol. The normalized spacial score (nSPS) is 12.1. The molecule has 0 aliphatic rings. The Bertz CT molecular complexity index is 287. The topological polar surface area (TPSA) is 61.5 Å². The van der Waals surface area contributed by atoms with E-state index >= 15 is 0 Å². The third-order valence-corrected chi connectivity index (χ3v) is 1.74. The lowest BCUT2D eigenvalue weighted by molar-refractivity contribution is -0.157. The summed E-state index contributed by atoms with van der Waals surface area (Å²) in [6.45, 7) is 2.04. The van der Waals surface area contributed by atoms with Crippen LogP contribution in [0.1, 0.15) is 18.6 Å². The number of ether oxygens (including phenoxy) is 1. The van der Waals surface area contributed by atoms with Crippen molar-refractivity contribution in [2.45, 2.75) is 13.0 Å². The zero-order chi connectivity index (χ0) is 10.4. The number of hydrogen-bond acceptors (Lipinski definition) is 4. The Balaban J connectivity index is 2.77. The van der Waals surface area contributed by atoms with E-state index < -0.39 is 12.1 Å². The van der Waals surface area contributed by atoms with Crippen molar-refractivity contribution in [3.8, 4) is 0 Å². The lowest BCUT2D eigenvalue weighted by Crippen LogP contribution is -2.21. The summed E-state index contributed by atoms with van der Waals surface area (Å²) in [5.74, 6) is 4.56. The maximum atomic E-state index is 11.3. The van der Waals surface area contributed by atoms with E-state index in [4.69, 9.17) is 10.6 Å². The Morgan fingerprint density at radius 1 is 1.43 bits per heavy atom. The Morgan fingerprint density at radius 3 is 2.57 bits per heavy atom. The first-order valence-corrected chi connectivity index (χ1v) is 4.36. The molecule has 0 heterocycles. The average Bonchev–Trinajstić information content (AvgIpc) is 2.21. The van der Waals surface area contributed by atoms with Crippen molar-refractivity contribution in [3.05, 3.63) is 35.9 Å². The molecule has 0 amide bonds. The molecule has 0 saturated carbocycles. The van der Waals surface area contributed by atoms with Crippen LogP contribution in [0.4, 0.5) is 0 Å². The first kappa shape index (κ1) is 10.7. The van der Waals surface area contributed by atoms with E-state index in [2.05, 4.69) is 4.84 Å². The van der Waals surface area contributed by atoms with Crippen molar-refractivity contribution in [2.75, 3.05) is 6.61 Å². The standard InChI is InChI=1S/C10H13NO3/c1-2-13-10(12)9(14-11)8-6-4-3-5-7-8/h3-7,9H,2,11H2,1H3/t9-/m0/s1. The maximum absolute atomic E-state index is 11.3. The van der Waals surface area contributed by atoms with E-state index in [0.29, 0.717) is 12.2 Å². The number of rotatable bonds is 4. The molecular weight excluding hydrogens is 182 g/mol. The molecule has 0 fully saturated rings. The summed E-state index contributed by atoms with van der Waals surface area (Å²) in [7, 11) is 0. The predicted octanol–water partition coefficient (Wildman–Crippen LogP) is 1.18. The number of nitrogens with two attached hydrogens (primary N) is 1. The van der Waals surface area contributed by atoms with E-state index in [-0.39, 0.29) is 0 Å². The van der Waals surface area contributed by atoms with E-state index in [9.17, 15) is 4.79 Å². The van der Waals surface area contributed by atoms with Gasteiger partial charge < -0.3 is 4.74 Å². The zero-order valence-electron chi connectivity index (χ0n) is 7.97. The van der Waals surface area contributed by atoms with Gasteiger partial charge in [0.15, 0.2) is 0 Å². The summed E-state index contributed by atoms with van der Waals surface area (Å²) < 4.78 is 4.81. The summed E-state index contributed by atoms with van der Waals surface area (Å²) in [6.07, 6.45) is -0.837. The molecule has 0 aliphatic carbocycles. The first-order valence-electron chi connectivity index (χ1n) is 4.36. The largest absolute Gasteiger partial charge is 0.464 e. The van der Waals surface area contributed by atoms with Gasteiger partial charge in [0.1, 0.15) is 0 Å². The number of esters is 1. The zero-order valence-corrected chi connectivity index (χ0v) is 7.97. The quantitative estimate of drug-likeness (QED) is 0.579. The molecule has 0 aromatic heterocycles. The molecule has 0 spiro atoms. The summed E-state index contributed by atoms with van der Waals surface area (Å²) in [4.78, 5) is 15.9. The molecule has 0 aliphatic heterocycles. The number of hydrogen-bond donors (Lipinski definition) is 1. The summed E-state index contributed by atoms with van der Waals surface area (Å²) in [5, 5.41) is 0. The molecule has 1 atom stereocenters. The fraction of sp³-hybridized carbons (Fsp3) is 0.300. The van der Waals surface area contributed by atoms with Crippen LogP contribution in [0.5, 0.6) is 0 Å². The van der Waals surface area contributed by atoms with Crippen LogP contribution in [0.2, 0.25) is 0 Å². The Morgan fingerprint density at radius 2 is 2.07 bits per heavy atom. The van der Waals surface area contributed by atoms with Gasteiger partial charge in [0.05, 0.1) is 6.61 Å². The van der Waals surface area contributed by atoms with Gasteiger partial charge in [0.25, 0.3) is 0 Å². The lowest BCUT2D eigenvalue weighted by atomic mass is 10.1. The van der Waals surface area contributed by atoms with Crippen molar-refractivity contribution >= 4 is 5.97 Å². The van der Waals surface area contributed by atoms with Gasteiger partial charge in [-0.3, -0.25) is 4.84 Å². The number of carbonyl (C=O) groups excluding carboxylic acids is 1. The molecule has 1 rings (SSSR count). The average molecular weight is 195 g/mol. The van der Waals surface area contributed by atoms with Gasteiger partial charge in [-0.15, -0.1) is 0 Å². The molecule has 0 saturated heterocycles. The van der Waals surface area contributed by atoms with E-state index in [1.54, 1.807) is 31.2 Å². The highest BCUT2D eigenvalue weighted by Crippen LogP contribution is 2.16. The second-order valence-corrected chi connectivity index (χ2v) is 2.68. The Kier molecular flexibility index (Phi) is 4.10. The molecule has 0 unspecified atom stereocenters. The van der Waals surface area contributed by atoms with E-state index in [0.717, 1.165) is 0 Å². The molecule has 1 aromatic rings. The summed E-state index contributed by atoms with van der Waals surface area (Å²) >= 11 is 0. The van der Waals surface area contributed by atoms with Gasteiger partial charge in [0.2, 0.25) is 6.10 Å². The maximum Gasteiger partial charge on any atom is 0.342 e. The number of carbonyl (C=O) groups is 1. The third kappa shape index (κ3) is 2.55. The SMILES string of the molecule is CCOC(=O)[C@@H](ON)c1ccccc1. The van der Waals surface area contributed by atoms with Crippen molar-refractivity contribution in [2.24, 2.45) is 5.90 Å². The molecule has 76 valence electrons. The molecule has 14 heavy (non-hydrogen) atoms. The second kappa shape index (κ2) is 5.36. The van der Waals surface area contributed by atoms with Crippen LogP contribution in [-0.4, -0.2) is 12.6 Å². The summed E-state index contributed by atoms with van der Waals surface area (Å²) in [6, 6.07) is 8.98. The minimum Gasteiger partial charge on any atom is -0.464 e.